The van der Waals surface area contributed by atoms with Gasteiger partial charge in [0.15, 0.2) is 0 Å². The van der Waals surface area contributed by atoms with E-state index in [1.165, 1.54) is 6.26 Å². The van der Waals surface area contributed by atoms with Crippen molar-refractivity contribution in [2.24, 2.45) is 5.41 Å². The van der Waals surface area contributed by atoms with Gasteiger partial charge in [-0.15, -0.1) is 0 Å². The zero-order valence-electron chi connectivity index (χ0n) is 11.9. The third-order valence-corrected chi connectivity index (χ3v) is 4.09. The van der Waals surface area contributed by atoms with E-state index in [1.54, 1.807) is 0 Å². The Labute approximate surface area is 110 Å². The Balaban J connectivity index is 2.64. The predicted molar refractivity (Wildman–Crippen MR) is 71.7 cm³/mol. The van der Waals surface area contributed by atoms with Crippen LogP contribution in [-0.2, 0) is 14.8 Å². The van der Waals surface area contributed by atoms with Crippen molar-refractivity contribution < 1.29 is 13.2 Å². The second-order valence-electron chi connectivity index (χ2n) is 6.48. The first-order valence-corrected chi connectivity index (χ1v) is 8.10. The molecular weight excluding hydrogens is 252 g/mol. The maximum absolute atomic E-state index is 12.1. The number of amides is 1. The Morgan fingerprint density at radius 1 is 1.22 bits per heavy atom. The highest BCUT2D eigenvalue weighted by Gasteiger charge is 2.36. The average Bonchev–Trinajstić information content (AvgIpc) is 2.13. The number of hydrogen-bond donors (Lipinski definition) is 1. The van der Waals surface area contributed by atoms with Crippen LogP contribution in [0.25, 0.3) is 0 Å². The van der Waals surface area contributed by atoms with Gasteiger partial charge in [0.05, 0.1) is 6.26 Å². The molecule has 5 nitrogen and oxygen atoms in total. The van der Waals surface area contributed by atoms with E-state index in [-0.39, 0.29) is 11.3 Å². The summed E-state index contributed by atoms with van der Waals surface area (Å²) in [5.74, 6) is 0.129. The van der Waals surface area contributed by atoms with Crippen LogP contribution in [0.2, 0.25) is 0 Å². The molecule has 0 aromatic carbocycles. The Hall–Kier alpha value is -0.620. The van der Waals surface area contributed by atoms with Gasteiger partial charge in [0.2, 0.25) is 15.9 Å². The van der Waals surface area contributed by atoms with Crippen molar-refractivity contribution in [3.63, 3.8) is 0 Å². The van der Waals surface area contributed by atoms with Crippen LogP contribution in [0.15, 0.2) is 0 Å². The van der Waals surface area contributed by atoms with Gasteiger partial charge < -0.3 is 4.90 Å². The lowest BCUT2D eigenvalue weighted by Crippen LogP contribution is -2.55. The summed E-state index contributed by atoms with van der Waals surface area (Å²) in [4.78, 5) is 13.9. The molecule has 1 N–H and O–H groups in total. The Morgan fingerprint density at radius 2 is 1.67 bits per heavy atom. The van der Waals surface area contributed by atoms with Gasteiger partial charge >= 0.3 is 0 Å². The van der Waals surface area contributed by atoms with Gasteiger partial charge in [-0.2, -0.15) is 0 Å². The molecule has 0 aromatic rings. The molecular formula is C12H24N2O3S. The van der Waals surface area contributed by atoms with Crippen LogP contribution in [0.1, 0.15) is 40.5 Å². The molecule has 1 heterocycles. The molecule has 106 valence electrons. The molecule has 0 bridgehead atoms. The number of nitrogens with zero attached hydrogens (tertiary/aromatic N) is 1. The minimum absolute atomic E-state index is 0.129. The van der Waals surface area contributed by atoms with Crippen LogP contribution in [0.4, 0.5) is 0 Å². The summed E-state index contributed by atoms with van der Waals surface area (Å²) in [5, 5.41) is 0. The minimum Gasteiger partial charge on any atom is -0.342 e. The van der Waals surface area contributed by atoms with E-state index in [4.69, 9.17) is 0 Å². The van der Waals surface area contributed by atoms with Crippen LogP contribution < -0.4 is 4.72 Å². The topological polar surface area (TPSA) is 66.5 Å². The Kier molecular flexibility index (Phi) is 4.13. The van der Waals surface area contributed by atoms with Crippen molar-refractivity contribution in [3.8, 4) is 0 Å². The van der Waals surface area contributed by atoms with Crippen LogP contribution in [0.5, 0.6) is 0 Å². The molecule has 0 aliphatic carbocycles. The number of likely N-dealkylation sites (tertiary alicyclic amines) is 1. The second-order valence-corrected chi connectivity index (χ2v) is 8.23. The van der Waals surface area contributed by atoms with Crippen LogP contribution >= 0.6 is 0 Å². The maximum Gasteiger partial charge on any atom is 0.227 e. The van der Waals surface area contributed by atoms with Gasteiger partial charge in [-0.25, -0.2) is 13.1 Å². The Morgan fingerprint density at radius 3 is 2.00 bits per heavy atom. The first-order valence-electron chi connectivity index (χ1n) is 6.21. The molecule has 1 rings (SSSR count). The van der Waals surface area contributed by atoms with Crippen molar-refractivity contribution in [2.75, 3.05) is 19.3 Å². The summed E-state index contributed by atoms with van der Waals surface area (Å²) in [5.41, 5.74) is -0.805. The molecule has 0 aromatic heterocycles. The molecule has 0 atom stereocenters. The van der Waals surface area contributed by atoms with E-state index in [0.717, 1.165) is 0 Å². The highest BCUT2D eigenvalue weighted by molar-refractivity contribution is 7.88. The fourth-order valence-electron chi connectivity index (χ4n) is 2.23. The normalized spacial score (nSPS) is 20.8. The molecule has 0 spiro atoms. The zero-order valence-corrected chi connectivity index (χ0v) is 12.7. The van der Waals surface area contributed by atoms with E-state index in [1.807, 2.05) is 32.6 Å². The minimum atomic E-state index is -3.20. The first kappa shape index (κ1) is 15.4. The van der Waals surface area contributed by atoms with E-state index < -0.39 is 15.6 Å². The van der Waals surface area contributed by atoms with Crippen LogP contribution in [0, 0.1) is 5.41 Å². The number of rotatable bonds is 2. The summed E-state index contributed by atoms with van der Waals surface area (Å²) in [6, 6.07) is 0. The van der Waals surface area contributed by atoms with E-state index >= 15 is 0 Å². The average molecular weight is 276 g/mol. The van der Waals surface area contributed by atoms with Gasteiger partial charge in [0.25, 0.3) is 0 Å². The molecule has 1 aliphatic heterocycles. The second kappa shape index (κ2) is 4.81. The molecule has 0 saturated carbocycles. The van der Waals surface area contributed by atoms with E-state index in [0.29, 0.717) is 25.9 Å². The zero-order chi connectivity index (χ0) is 14.2. The summed E-state index contributed by atoms with van der Waals surface area (Å²) < 4.78 is 25.2. The third kappa shape index (κ3) is 4.24. The number of piperidine rings is 1. The Bertz CT molecular complexity index is 415. The molecule has 1 amide bonds. The van der Waals surface area contributed by atoms with Gasteiger partial charge in [0.1, 0.15) is 0 Å². The number of hydrogen-bond acceptors (Lipinski definition) is 3. The molecule has 0 unspecified atom stereocenters. The molecule has 18 heavy (non-hydrogen) atoms. The van der Waals surface area contributed by atoms with Crippen molar-refractivity contribution in [1.29, 1.82) is 0 Å². The summed E-state index contributed by atoms with van der Waals surface area (Å²) in [6.45, 7) is 8.81. The summed E-state index contributed by atoms with van der Waals surface area (Å²) in [6.07, 6.45) is 2.48. The van der Waals surface area contributed by atoms with Crippen molar-refractivity contribution in [3.05, 3.63) is 0 Å². The number of sulfonamides is 1. The van der Waals surface area contributed by atoms with E-state index in [9.17, 15) is 13.2 Å². The number of nitrogens with one attached hydrogen (secondary N) is 1. The largest absolute Gasteiger partial charge is 0.342 e. The van der Waals surface area contributed by atoms with Crippen molar-refractivity contribution in [1.82, 2.24) is 9.62 Å². The quantitative estimate of drug-likeness (QED) is 0.817. The van der Waals surface area contributed by atoms with Crippen LogP contribution in [-0.4, -0.2) is 44.1 Å². The number of carbonyl (C=O) groups excluding carboxylic acids is 1. The molecule has 6 heteroatoms. The lowest BCUT2D eigenvalue weighted by Gasteiger charge is -2.41. The standard InChI is InChI=1S/C12H24N2O3S/c1-11(2,3)10(15)14-8-6-12(4,7-9-14)13-18(5,16)17/h13H,6-9H2,1-5H3. The van der Waals surface area contributed by atoms with Gasteiger partial charge in [-0.1, -0.05) is 20.8 Å². The van der Waals surface area contributed by atoms with Gasteiger partial charge in [-0.05, 0) is 19.8 Å². The molecule has 1 saturated heterocycles. The summed E-state index contributed by atoms with van der Waals surface area (Å²) >= 11 is 0. The first-order chi connectivity index (χ1) is 7.93. The van der Waals surface area contributed by atoms with Gasteiger partial charge in [-0.3, -0.25) is 4.79 Å². The lowest BCUT2D eigenvalue weighted by molar-refractivity contribution is -0.141. The summed E-state index contributed by atoms with van der Waals surface area (Å²) in [7, 11) is -3.20. The predicted octanol–water partition coefficient (Wildman–Crippen LogP) is 0.963. The maximum atomic E-state index is 12.1. The van der Waals surface area contributed by atoms with Crippen molar-refractivity contribution in [2.45, 2.75) is 46.1 Å². The smallest absolute Gasteiger partial charge is 0.227 e. The van der Waals surface area contributed by atoms with Crippen molar-refractivity contribution >= 4 is 15.9 Å². The number of carbonyl (C=O) groups is 1. The molecule has 0 radical (unpaired) electrons. The lowest BCUT2D eigenvalue weighted by atomic mass is 9.88. The van der Waals surface area contributed by atoms with Crippen LogP contribution in [0.3, 0.4) is 0 Å². The van der Waals surface area contributed by atoms with E-state index in [2.05, 4.69) is 4.72 Å². The molecule has 1 aliphatic rings. The monoisotopic (exact) mass is 276 g/mol. The highest BCUT2D eigenvalue weighted by atomic mass is 32.2. The van der Waals surface area contributed by atoms with Gasteiger partial charge in [0, 0.05) is 24.0 Å². The fraction of sp³-hybridized carbons (Fsp3) is 0.917. The SMILES string of the molecule is CC1(NS(C)(=O)=O)CCN(C(=O)C(C)(C)C)CC1. The third-order valence-electron chi connectivity index (χ3n) is 3.23. The fourth-order valence-corrected chi connectivity index (χ4v) is 3.33. The highest BCUT2D eigenvalue weighted by Crippen LogP contribution is 2.26. The molecule has 1 fully saturated rings.